The van der Waals surface area contributed by atoms with Crippen LogP contribution in [0.2, 0.25) is 0 Å². The lowest BCUT2D eigenvalue weighted by atomic mass is 9.89. The van der Waals surface area contributed by atoms with E-state index in [-0.39, 0.29) is 24.8 Å². The van der Waals surface area contributed by atoms with E-state index < -0.39 is 41.1 Å². The number of amides is 4. The van der Waals surface area contributed by atoms with Gasteiger partial charge in [0.15, 0.2) is 0 Å². The number of carbonyl (C=O) groups excluding carboxylic acids is 4. The Kier molecular flexibility index (Phi) is 12.5. The minimum Gasteiger partial charge on any atom is -0.444 e. The molecule has 1 aromatic carbocycles. The Morgan fingerprint density at radius 2 is 1.62 bits per heavy atom. The van der Waals surface area contributed by atoms with Crippen LogP contribution in [0, 0.1) is 13.8 Å². The van der Waals surface area contributed by atoms with Crippen LogP contribution < -0.4 is 16.4 Å². The Hall–Kier alpha value is -3.10. The van der Waals surface area contributed by atoms with Crippen LogP contribution in [0.15, 0.2) is 18.2 Å². The number of rotatable bonds is 13. The molecule has 0 fully saturated rings. The fourth-order valence-electron chi connectivity index (χ4n) is 4.39. The summed E-state index contributed by atoms with van der Waals surface area (Å²) in [7, 11) is 0. The second-order valence-corrected chi connectivity index (χ2v) is 12.0. The highest BCUT2D eigenvalue weighted by Gasteiger charge is 2.43. The third-order valence-corrected chi connectivity index (χ3v) is 6.77. The number of hydrogen-bond acceptors (Lipinski definition) is 5. The van der Waals surface area contributed by atoms with Gasteiger partial charge in [0.2, 0.25) is 17.7 Å². The summed E-state index contributed by atoms with van der Waals surface area (Å²) in [4.78, 5) is 54.4. The van der Waals surface area contributed by atoms with Gasteiger partial charge in [-0.25, -0.2) is 4.79 Å². The Morgan fingerprint density at radius 3 is 2.13 bits per heavy atom. The lowest BCUT2D eigenvalue weighted by Crippen LogP contribution is -2.60. The molecule has 0 radical (unpaired) electrons. The number of aryl methyl sites for hydroxylation is 2. The molecule has 1 rings (SSSR count). The lowest BCUT2D eigenvalue weighted by Gasteiger charge is -2.45. The number of hydrogen-bond donors (Lipinski definition) is 3. The van der Waals surface area contributed by atoms with Gasteiger partial charge in [0.05, 0.1) is 0 Å². The first kappa shape index (κ1) is 33.9. The van der Waals surface area contributed by atoms with Crippen LogP contribution in [0.1, 0.15) is 110 Å². The van der Waals surface area contributed by atoms with Gasteiger partial charge in [-0.3, -0.25) is 14.4 Å². The highest BCUT2D eigenvalue weighted by atomic mass is 16.6. The third kappa shape index (κ3) is 10.5. The predicted molar refractivity (Wildman–Crippen MR) is 154 cm³/mol. The largest absolute Gasteiger partial charge is 0.444 e. The van der Waals surface area contributed by atoms with Gasteiger partial charge < -0.3 is 26.0 Å². The van der Waals surface area contributed by atoms with Gasteiger partial charge in [0.1, 0.15) is 17.7 Å². The SMILES string of the molecule is CCCC(C)NC(=O)C(c1cc(C)ccc1C)N(C(=O)C(CCC(N)=O)NC(=O)OC(C)(C)C)C(C)(C)CC. The smallest absolute Gasteiger partial charge is 0.408 e. The maximum atomic E-state index is 14.4. The van der Waals surface area contributed by atoms with Gasteiger partial charge in [-0.1, -0.05) is 44.0 Å². The fourth-order valence-corrected chi connectivity index (χ4v) is 4.39. The molecule has 39 heavy (non-hydrogen) atoms. The van der Waals surface area contributed by atoms with E-state index in [0.29, 0.717) is 12.0 Å². The van der Waals surface area contributed by atoms with E-state index in [4.69, 9.17) is 10.5 Å². The number of benzene rings is 1. The Labute approximate surface area is 234 Å². The Morgan fingerprint density at radius 1 is 1.00 bits per heavy atom. The summed E-state index contributed by atoms with van der Waals surface area (Å²) >= 11 is 0. The van der Waals surface area contributed by atoms with Crippen molar-refractivity contribution in [3.05, 3.63) is 34.9 Å². The Balaban J connectivity index is 3.75. The van der Waals surface area contributed by atoms with Crippen LogP contribution >= 0.6 is 0 Å². The molecule has 0 spiro atoms. The molecule has 4 amide bonds. The predicted octanol–water partition coefficient (Wildman–Crippen LogP) is 4.83. The standard InChI is InChI=1S/C30H50N4O5/c1-11-13-21(5)32-26(36)25(22-18-19(3)14-15-20(22)4)34(30(9,10)12-2)27(37)23(16-17-24(31)35)33-28(38)39-29(6,7)8/h14-15,18,21,23,25H,11-13,16-17H2,1-10H3,(H2,31,35)(H,32,36)(H,33,38). The van der Waals surface area contributed by atoms with Crippen LogP contribution in [-0.4, -0.2) is 51.9 Å². The molecule has 0 heterocycles. The average Bonchev–Trinajstić information content (AvgIpc) is 2.80. The molecule has 1 aromatic rings. The van der Waals surface area contributed by atoms with Crippen molar-refractivity contribution in [2.45, 2.75) is 131 Å². The molecule has 0 saturated heterocycles. The third-order valence-electron chi connectivity index (χ3n) is 6.77. The molecule has 4 N–H and O–H groups in total. The molecule has 0 aliphatic rings. The number of carbonyl (C=O) groups is 4. The van der Waals surface area contributed by atoms with Crippen LogP contribution in [-0.2, 0) is 19.1 Å². The van der Waals surface area contributed by atoms with Crippen molar-refractivity contribution in [3.63, 3.8) is 0 Å². The molecule has 0 aliphatic heterocycles. The van der Waals surface area contributed by atoms with E-state index in [2.05, 4.69) is 10.6 Å². The fraction of sp³-hybridized carbons (Fsp3) is 0.667. The highest BCUT2D eigenvalue weighted by Crippen LogP contribution is 2.34. The van der Waals surface area contributed by atoms with Crippen LogP contribution in [0.4, 0.5) is 4.79 Å². The molecule has 0 aliphatic carbocycles. The van der Waals surface area contributed by atoms with Crippen molar-refractivity contribution >= 4 is 23.8 Å². The zero-order valence-corrected chi connectivity index (χ0v) is 25.6. The molecular weight excluding hydrogens is 496 g/mol. The van der Waals surface area contributed by atoms with E-state index in [1.165, 1.54) is 0 Å². The lowest BCUT2D eigenvalue weighted by molar-refractivity contribution is -0.149. The molecule has 0 aromatic heterocycles. The maximum absolute atomic E-state index is 14.4. The number of nitrogens with zero attached hydrogens (tertiary/aromatic N) is 1. The Bertz CT molecular complexity index is 1020. The minimum atomic E-state index is -1.13. The monoisotopic (exact) mass is 546 g/mol. The number of primary amides is 1. The van der Waals surface area contributed by atoms with E-state index in [1.54, 1.807) is 25.7 Å². The van der Waals surface area contributed by atoms with Gasteiger partial charge >= 0.3 is 6.09 Å². The summed E-state index contributed by atoms with van der Waals surface area (Å²) in [5.74, 6) is -1.39. The molecule has 0 saturated carbocycles. The van der Waals surface area contributed by atoms with E-state index >= 15 is 0 Å². The summed E-state index contributed by atoms with van der Waals surface area (Å²) in [5.41, 5.74) is 6.35. The van der Waals surface area contributed by atoms with Crippen molar-refractivity contribution in [3.8, 4) is 0 Å². The summed E-state index contributed by atoms with van der Waals surface area (Å²) in [5, 5.41) is 5.75. The van der Waals surface area contributed by atoms with Crippen LogP contribution in [0.5, 0.6) is 0 Å². The van der Waals surface area contributed by atoms with E-state index in [0.717, 1.165) is 24.0 Å². The van der Waals surface area contributed by atoms with E-state index in [1.807, 2.05) is 66.7 Å². The molecule has 9 nitrogen and oxygen atoms in total. The quantitative estimate of drug-likeness (QED) is 0.326. The van der Waals surface area contributed by atoms with Crippen molar-refractivity contribution < 1.29 is 23.9 Å². The van der Waals surface area contributed by atoms with Crippen molar-refractivity contribution in [2.75, 3.05) is 0 Å². The van der Waals surface area contributed by atoms with Crippen LogP contribution in [0.3, 0.4) is 0 Å². The van der Waals surface area contributed by atoms with Crippen molar-refractivity contribution in [1.29, 1.82) is 0 Å². The summed E-state index contributed by atoms with van der Waals surface area (Å²) < 4.78 is 5.41. The van der Waals surface area contributed by atoms with Crippen molar-refractivity contribution in [1.82, 2.24) is 15.5 Å². The van der Waals surface area contributed by atoms with Crippen molar-refractivity contribution in [2.24, 2.45) is 5.73 Å². The van der Waals surface area contributed by atoms with Gasteiger partial charge in [-0.2, -0.15) is 0 Å². The zero-order valence-electron chi connectivity index (χ0n) is 25.6. The molecule has 3 unspecified atom stereocenters. The number of alkyl carbamates (subject to hydrolysis) is 1. The second kappa shape index (κ2) is 14.3. The maximum Gasteiger partial charge on any atom is 0.408 e. The normalized spacial score (nSPS) is 14.1. The summed E-state index contributed by atoms with van der Waals surface area (Å²) in [6, 6.07) is 3.63. The molecule has 0 bridgehead atoms. The summed E-state index contributed by atoms with van der Waals surface area (Å²) in [6.07, 6.45) is 1.28. The summed E-state index contributed by atoms with van der Waals surface area (Å²) in [6.45, 7) is 18.7. The first-order chi connectivity index (χ1) is 17.9. The van der Waals surface area contributed by atoms with Crippen LogP contribution in [0.25, 0.3) is 0 Å². The van der Waals surface area contributed by atoms with Gasteiger partial charge in [0, 0.05) is 18.0 Å². The highest BCUT2D eigenvalue weighted by molar-refractivity contribution is 5.93. The first-order valence-corrected chi connectivity index (χ1v) is 13.9. The van der Waals surface area contributed by atoms with Gasteiger partial charge in [-0.05, 0) is 85.8 Å². The molecular formula is C30H50N4O5. The first-order valence-electron chi connectivity index (χ1n) is 13.9. The topological polar surface area (TPSA) is 131 Å². The molecule has 3 atom stereocenters. The molecule has 9 heteroatoms. The number of ether oxygens (including phenoxy) is 1. The minimum absolute atomic E-state index is 0.0307. The van der Waals surface area contributed by atoms with Gasteiger partial charge in [-0.15, -0.1) is 0 Å². The average molecular weight is 547 g/mol. The van der Waals surface area contributed by atoms with Gasteiger partial charge in [0.25, 0.3) is 0 Å². The zero-order chi connectivity index (χ0) is 30.1. The van der Waals surface area contributed by atoms with E-state index in [9.17, 15) is 19.2 Å². The number of nitrogens with two attached hydrogens (primary N) is 1. The second-order valence-electron chi connectivity index (χ2n) is 12.0. The molecule has 220 valence electrons. The number of nitrogens with one attached hydrogen (secondary N) is 2.